The van der Waals surface area contributed by atoms with E-state index >= 15 is 0 Å². The van der Waals surface area contributed by atoms with Crippen LogP contribution in [-0.2, 0) is 10.0 Å². The van der Waals surface area contributed by atoms with Gasteiger partial charge in [-0.15, -0.1) is 0 Å². The van der Waals surface area contributed by atoms with Gasteiger partial charge in [-0.2, -0.15) is 4.31 Å². The molecule has 6 nitrogen and oxygen atoms in total. The summed E-state index contributed by atoms with van der Waals surface area (Å²) in [6.45, 7) is 4.92. The summed E-state index contributed by atoms with van der Waals surface area (Å²) < 4.78 is 32.5. The number of amides is 1. The lowest BCUT2D eigenvalue weighted by atomic mass is 10.0. The Hall–Kier alpha value is -2.09. The average Bonchev–Trinajstić information content (AvgIpc) is 3.27. The number of carbonyl (C=O) groups is 1. The molecule has 1 heterocycles. The number of methoxy groups -OCH3 is 1. The van der Waals surface area contributed by atoms with Gasteiger partial charge in [0, 0.05) is 13.1 Å². The van der Waals surface area contributed by atoms with E-state index in [9.17, 15) is 13.2 Å². The van der Waals surface area contributed by atoms with Gasteiger partial charge in [-0.05, 0) is 61.6 Å². The Morgan fingerprint density at radius 1 is 1.20 bits per heavy atom. The first-order valence-electron chi connectivity index (χ1n) is 10.0. The van der Waals surface area contributed by atoms with Gasteiger partial charge in [0.1, 0.15) is 5.75 Å². The van der Waals surface area contributed by atoms with Gasteiger partial charge in [0.25, 0.3) is 5.91 Å². The zero-order chi connectivity index (χ0) is 21.9. The van der Waals surface area contributed by atoms with Crippen molar-refractivity contribution in [3.8, 4) is 5.75 Å². The molecule has 1 fully saturated rings. The van der Waals surface area contributed by atoms with E-state index < -0.39 is 15.9 Å². The van der Waals surface area contributed by atoms with E-state index in [0.717, 1.165) is 29.7 Å². The van der Waals surface area contributed by atoms with Gasteiger partial charge in [0.05, 0.1) is 28.6 Å². The van der Waals surface area contributed by atoms with Crippen LogP contribution in [0.5, 0.6) is 5.75 Å². The number of ether oxygens (including phenoxy) is 1. The Labute approximate surface area is 183 Å². The third kappa shape index (κ3) is 4.63. The molecule has 0 unspecified atom stereocenters. The Balaban J connectivity index is 1.86. The van der Waals surface area contributed by atoms with E-state index in [2.05, 4.69) is 5.32 Å². The minimum Gasteiger partial charge on any atom is -0.496 e. The second kappa shape index (κ2) is 9.37. The second-order valence-electron chi connectivity index (χ2n) is 7.42. The van der Waals surface area contributed by atoms with Crippen LogP contribution in [0, 0.1) is 6.92 Å². The molecule has 3 rings (SSSR count). The molecule has 1 N–H and O–H groups in total. The highest BCUT2D eigenvalue weighted by Gasteiger charge is 2.28. The van der Waals surface area contributed by atoms with Gasteiger partial charge in [-0.25, -0.2) is 8.42 Å². The number of hydrogen-bond acceptors (Lipinski definition) is 4. The van der Waals surface area contributed by atoms with Gasteiger partial charge in [0.2, 0.25) is 10.0 Å². The molecule has 0 radical (unpaired) electrons. The smallest absolute Gasteiger partial charge is 0.253 e. The van der Waals surface area contributed by atoms with Crippen LogP contribution in [0.1, 0.15) is 53.7 Å². The van der Waals surface area contributed by atoms with Gasteiger partial charge in [-0.1, -0.05) is 30.7 Å². The van der Waals surface area contributed by atoms with E-state index in [1.54, 1.807) is 7.11 Å². The number of rotatable bonds is 7. The Morgan fingerprint density at radius 3 is 2.50 bits per heavy atom. The lowest BCUT2D eigenvalue weighted by Gasteiger charge is -2.20. The van der Waals surface area contributed by atoms with Crippen LogP contribution in [0.2, 0.25) is 5.02 Å². The number of benzene rings is 2. The molecule has 1 aliphatic heterocycles. The number of carbonyl (C=O) groups excluding carboxylic acids is 1. The maximum Gasteiger partial charge on any atom is 0.253 e. The molecule has 1 aliphatic rings. The van der Waals surface area contributed by atoms with Crippen molar-refractivity contribution in [1.82, 2.24) is 9.62 Å². The van der Waals surface area contributed by atoms with E-state index in [-0.39, 0.29) is 21.5 Å². The second-order valence-corrected chi connectivity index (χ2v) is 9.76. The Morgan fingerprint density at radius 2 is 1.90 bits per heavy atom. The minimum atomic E-state index is -3.63. The molecule has 0 saturated carbocycles. The predicted octanol–water partition coefficient (Wildman–Crippen LogP) is 4.32. The SMILES string of the molecule is CC[C@@H](NC(=O)c1cc(S(=O)(=O)N2CCCC2)ccc1Cl)c1ccc(OC)c(C)c1. The number of nitrogens with zero attached hydrogens (tertiary/aromatic N) is 1. The van der Waals surface area contributed by atoms with E-state index in [4.69, 9.17) is 16.3 Å². The first-order valence-corrected chi connectivity index (χ1v) is 11.8. The molecule has 0 aliphatic carbocycles. The van der Waals surface area contributed by atoms with Crippen molar-refractivity contribution in [2.45, 2.75) is 44.0 Å². The number of hydrogen-bond donors (Lipinski definition) is 1. The van der Waals surface area contributed by atoms with Crippen LogP contribution in [-0.4, -0.2) is 38.8 Å². The fraction of sp³-hybridized carbons (Fsp3) is 0.409. The summed E-state index contributed by atoms with van der Waals surface area (Å²) in [6.07, 6.45) is 2.36. The highest BCUT2D eigenvalue weighted by molar-refractivity contribution is 7.89. The van der Waals surface area contributed by atoms with E-state index in [1.165, 1.54) is 22.5 Å². The largest absolute Gasteiger partial charge is 0.496 e. The van der Waals surface area contributed by atoms with Crippen molar-refractivity contribution in [1.29, 1.82) is 0 Å². The van der Waals surface area contributed by atoms with Crippen molar-refractivity contribution in [2.75, 3.05) is 20.2 Å². The average molecular weight is 451 g/mol. The van der Waals surface area contributed by atoms with Crippen LogP contribution in [0.4, 0.5) is 0 Å². The monoisotopic (exact) mass is 450 g/mol. The number of aryl methyl sites for hydroxylation is 1. The zero-order valence-corrected chi connectivity index (χ0v) is 19.0. The van der Waals surface area contributed by atoms with Crippen LogP contribution >= 0.6 is 11.6 Å². The highest BCUT2D eigenvalue weighted by atomic mass is 35.5. The van der Waals surface area contributed by atoms with Crippen molar-refractivity contribution in [2.24, 2.45) is 0 Å². The van der Waals surface area contributed by atoms with Crippen molar-refractivity contribution < 1.29 is 17.9 Å². The maximum atomic E-state index is 13.0. The lowest BCUT2D eigenvalue weighted by molar-refractivity contribution is 0.0935. The topological polar surface area (TPSA) is 75.7 Å². The Bertz CT molecular complexity index is 1030. The molecular weight excluding hydrogens is 424 g/mol. The number of sulfonamides is 1. The molecule has 2 aromatic carbocycles. The highest BCUT2D eigenvalue weighted by Crippen LogP contribution is 2.27. The molecule has 0 bridgehead atoms. The first-order chi connectivity index (χ1) is 14.3. The van der Waals surface area contributed by atoms with Gasteiger partial charge >= 0.3 is 0 Å². The predicted molar refractivity (Wildman–Crippen MR) is 118 cm³/mol. The molecule has 162 valence electrons. The van der Waals surface area contributed by atoms with Gasteiger partial charge in [-0.3, -0.25) is 4.79 Å². The maximum absolute atomic E-state index is 13.0. The lowest BCUT2D eigenvalue weighted by Crippen LogP contribution is -2.30. The first kappa shape index (κ1) is 22.6. The molecule has 0 aromatic heterocycles. The summed E-state index contributed by atoms with van der Waals surface area (Å²) >= 11 is 6.25. The van der Waals surface area contributed by atoms with Crippen molar-refractivity contribution in [3.63, 3.8) is 0 Å². The van der Waals surface area contributed by atoms with E-state index in [0.29, 0.717) is 19.5 Å². The summed E-state index contributed by atoms with van der Waals surface area (Å²) in [5, 5.41) is 3.20. The summed E-state index contributed by atoms with van der Waals surface area (Å²) in [6, 6.07) is 9.82. The minimum absolute atomic E-state index is 0.0901. The number of nitrogens with one attached hydrogen (secondary N) is 1. The summed E-state index contributed by atoms with van der Waals surface area (Å²) in [5.41, 5.74) is 2.07. The molecular formula is C22H27ClN2O4S. The van der Waals surface area contributed by atoms with Crippen LogP contribution in [0.25, 0.3) is 0 Å². The normalized spacial score (nSPS) is 15.7. The van der Waals surface area contributed by atoms with Crippen LogP contribution < -0.4 is 10.1 Å². The molecule has 30 heavy (non-hydrogen) atoms. The quantitative estimate of drug-likeness (QED) is 0.681. The van der Waals surface area contributed by atoms with Crippen molar-refractivity contribution in [3.05, 3.63) is 58.1 Å². The summed E-state index contributed by atoms with van der Waals surface area (Å²) in [7, 11) is -2.01. The van der Waals surface area contributed by atoms with Gasteiger partial charge in [0.15, 0.2) is 0 Å². The van der Waals surface area contributed by atoms with E-state index in [1.807, 2.05) is 32.0 Å². The Kier molecular flexibility index (Phi) is 7.06. The standard InChI is InChI=1S/C22H27ClN2O4S/c1-4-20(16-7-10-21(29-3)15(2)13-16)24-22(26)18-14-17(8-9-19(18)23)30(27,28)25-11-5-6-12-25/h7-10,13-14,20H,4-6,11-12H2,1-3H3,(H,24,26)/t20-/m1/s1. The molecule has 1 amide bonds. The molecule has 2 aromatic rings. The summed E-state index contributed by atoms with van der Waals surface area (Å²) in [4.78, 5) is 13.1. The third-order valence-corrected chi connectivity index (χ3v) is 7.64. The molecule has 1 saturated heterocycles. The van der Waals surface area contributed by atoms with Crippen LogP contribution in [0.3, 0.4) is 0 Å². The number of halogens is 1. The molecule has 0 spiro atoms. The van der Waals surface area contributed by atoms with Crippen LogP contribution in [0.15, 0.2) is 41.3 Å². The van der Waals surface area contributed by atoms with Gasteiger partial charge < -0.3 is 10.1 Å². The molecule has 8 heteroatoms. The fourth-order valence-corrected chi connectivity index (χ4v) is 5.44. The third-order valence-electron chi connectivity index (χ3n) is 5.42. The van der Waals surface area contributed by atoms with Crippen molar-refractivity contribution >= 4 is 27.5 Å². The molecule has 1 atom stereocenters. The zero-order valence-electron chi connectivity index (χ0n) is 17.4. The summed E-state index contributed by atoms with van der Waals surface area (Å²) in [5.74, 6) is 0.376. The fourth-order valence-electron chi connectivity index (χ4n) is 3.69.